The van der Waals surface area contributed by atoms with Crippen LogP contribution < -0.4 is 0 Å². The first-order valence-corrected chi connectivity index (χ1v) is 6.79. The van der Waals surface area contributed by atoms with E-state index >= 15 is 0 Å². The second-order valence-electron chi connectivity index (χ2n) is 3.44. The summed E-state index contributed by atoms with van der Waals surface area (Å²) < 4.78 is 24.5. The number of aliphatic hydroxyl groups is 1. The zero-order valence-electron chi connectivity index (χ0n) is 8.29. The smallest absolute Gasteiger partial charge is 0.337 e. The Morgan fingerprint density at radius 2 is 2.00 bits per heavy atom. The molecule has 0 fully saturated rings. The van der Waals surface area contributed by atoms with Crippen LogP contribution in [-0.4, -0.2) is 30.7 Å². The van der Waals surface area contributed by atoms with Crippen LogP contribution in [-0.2, 0) is 14.6 Å². The Hall–Kier alpha value is -1.18. The minimum Gasteiger partial charge on any atom is -0.479 e. The number of halogens is 1. The fourth-order valence-corrected chi connectivity index (χ4v) is 3.84. The molecule has 0 bridgehead atoms. The van der Waals surface area contributed by atoms with E-state index < -0.39 is 26.8 Å². The molecule has 1 aromatic rings. The van der Waals surface area contributed by atoms with Gasteiger partial charge in [0.15, 0.2) is 6.10 Å². The number of fused-ring (bicyclic) bond motifs is 1. The second kappa shape index (κ2) is 3.94. The van der Waals surface area contributed by atoms with Crippen molar-refractivity contribution < 1.29 is 23.4 Å². The molecule has 17 heavy (non-hydrogen) atoms. The van der Waals surface area contributed by atoms with Crippen LogP contribution in [0.25, 0.3) is 6.08 Å². The molecular formula is C10H7BrO5S. The van der Waals surface area contributed by atoms with Gasteiger partial charge < -0.3 is 10.2 Å². The summed E-state index contributed by atoms with van der Waals surface area (Å²) in [5.41, 5.74) is 0.364. The lowest BCUT2D eigenvalue weighted by molar-refractivity contribution is -0.144. The van der Waals surface area contributed by atoms with Gasteiger partial charge in [0.1, 0.15) is 0 Å². The Morgan fingerprint density at radius 3 is 2.53 bits per heavy atom. The number of hydrogen-bond donors (Lipinski definition) is 2. The first kappa shape index (κ1) is 12.3. The third-order valence-corrected chi connectivity index (χ3v) is 4.99. The summed E-state index contributed by atoms with van der Waals surface area (Å²) in [4.78, 5) is 10.1. The van der Waals surface area contributed by atoms with Gasteiger partial charge in [-0.05, 0) is 18.2 Å². The summed E-state index contributed by atoms with van der Waals surface area (Å²) in [6, 6.07) is 4.54. The normalized spacial score (nSPS) is 18.4. The van der Waals surface area contributed by atoms with Crippen molar-refractivity contribution in [1.82, 2.24) is 0 Å². The van der Waals surface area contributed by atoms with E-state index in [1.165, 1.54) is 18.2 Å². The van der Waals surface area contributed by atoms with Crippen LogP contribution in [0.15, 0.2) is 32.5 Å². The lowest BCUT2D eigenvalue weighted by atomic mass is 10.2. The van der Waals surface area contributed by atoms with E-state index in [1.807, 2.05) is 0 Å². The predicted molar refractivity (Wildman–Crippen MR) is 62.9 cm³/mol. The van der Waals surface area contributed by atoms with Gasteiger partial charge in [-0.3, -0.25) is 0 Å². The number of hydrogen-bond acceptors (Lipinski definition) is 4. The lowest BCUT2D eigenvalue weighted by Crippen LogP contribution is -2.25. The molecule has 1 aliphatic rings. The molecule has 0 aliphatic carbocycles. The SMILES string of the molecule is O=C(O)C(O)C1=Cc2c(Br)cccc2S1(=O)=O. The maximum Gasteiger partial charge on any atom is 0.337 e. The minimum atomic E-state index is -3.91. The highest BCUT2D eigenvalue weighted by molar-refractivity contribution is 9.10. The van der Waals surface area contributed by atoms with Crippen LogP contribution >= 0.6 is 15.9 Å². The van der Waals surface area contributed by atoms with Crippen molar-refractivity contribution in [3.63, 3.8) is 0 Å². The topological polar surface area (TPSA) is 91.7 Å². The largest absolute Gasteiger partial charge is 0.479 e. The number of carbonyl (C=O) groups is 1. The molecule has 1 unspecified atom stereocenters. The molecule has 1 aliphatic heterocycles. The summed E-state index contributed by atoms with van der Waals surface area (Å²) >= 11 is 3.17. The number of benzene rings is 1. The van der Waals surface area contributed by atoms with Crippen molar-refractivity contribution in [3.8, 4) is 0 Å². The van der Waals surface area contributed by atoms with Crippen LogP contribution in [0, 0.1) is 0 Å². The highest BCUT2D eigenvalue weighted by atomic mass is 79.9. The van der Waals surface area contributed by atoms with E-state index in [-0.39, 0.29) is 4.90 Å². The summed E-state index contributed by atoms with van der Waals surface area (Å²) in [5.74, 6) is -1.59. The molecular weight excluding hydrogens is 312 g/mol. The molecule has 0 amide bonds. The molecule has 2 N–H and O–H groups in total. The molecule has 0 saturated carbocycles. The zero-order valence-corrected chi connectivity index (χ0v) is 10.7. The van der Waals surface area contributed by atoms with Crippen molar-refractivity contribution in [2.75, 3.05) is 0 Å². The Morgan fingerprint density at radius 1 is 1.35 bits per heavy atom. The standard InChI is InChI=1S/C10H7BrO5S/c11-6-2-1-3-7-5(6)4-8(17(7,15)16)9(12)10(13)14/h1-4,9,12H,(H,13,14). The zero-order chi connectivity index (χ0) is 12.8. The molecule has 2 rings (SSSR count). The summed E-state index contributed by atoms with van der Waals surface area (Å²) in [6.07, 6.45) is -0.868. The number of sulfone groups is 1. The Balaban J connectivity index is 2.67. The number of aliphatic carboxylic acids is 1. The molecule has 0 saturated heterocycles. The molecule has 1 atom stereocenters. The molecule has 5 nitrogen and oxygen atoms in total. The molecule has 90 valence electrons. The van der Waals surface area contributed by atoms with Gasteiger partial charge in [-0.2, -0.15) is 0 Å². The monoisotopic (exact) mass is 318 g/mol. The van der Waals surface area contributed by atoms with Crippen molar-refractivity contribution in [1.29, 1.82) is 0 Å². The molecule has 1 heterocycles. The van der Waals surface area contributed by atoms with Gasteiger partial charge in [0.25, 0.3) is 0 Å². The maximum absolute atomic E-state index is 12.0. The summed E-state index contributed by atoms with van der Waals surface area (Å²) in [5, 5.41) is 18.0. The van der Waals surface area contributed by atoms with Gasteiger partial charge in [0.05, 0.1) is 9.80 Å². The Kier molecular flexibility index (Phi) is 2.84. The molecule has 7 heteroatoms. The van der Waals surface area contributed by atoms with Crippen LogP contribution in [0.2, 0.25) is 0 Å². The second-order valence-corrected chi connectivity index (χ2v) is 6.22. The highest BCUT2D eigenvalue weighted by Gasteiger charge is 2.37. The van der Waals surface area contributed by atoms with Crippen molar-refractivity contribution in [2.24, 2.45) is 0 Å². The Labute approximate surface area is 105 Å². The van der Waals surface area contributed by atoms with Gasteiger partial charge in [-0.15, -0.1) is 0 Å². The fourth-order valence-electron chi connectivity index (χ4n) is 1.59. The average Bonchev–Trinajstić information content (AvgIpc) is 2.51. The molecule has 1 aromatic carbocycles. The van der Waals surface area contributed by atoms with Crippen LogP contribution in [0.1, 0.15) is 5.56 Å². The van der Waals surface area contributed by atoms with Crippen molar-refractivity contribution >= 4 is 37.8 Å². The van der Waals surface area contributed by atoms with E-state index in [1.54, 1.807) is 6.07 Å². The fraction of sp³-hybridized carbons (Fsp3) is 0.100. The summed E-state index contributed by atoms with van der Waals surface area (Å²) in [6.45, 7) is 0. The number of carboxylic acid groups (broad SMARTS) is 1. The third-order valence-electron chi connectivity index (χ3n) is 2.40. The first-order chi connectivity index (χ1) is 7.85. The van der Waals surface area contributed by atoms with E-state index in [0.29, 0.717) is 10.0 Å². The van der Waals surface area contributed by atoms with E-state index in [9.17, 15) is 18.3 Å². The van der Waals surface area contributed by atoms with Crippen molar-refractivity contribution in [3.05, 3.63) is 33.1 Å². The minimum absolute atomic E-state index is 0.00201. The maximum atomic E-state index is 12.0. The van der Waals surface area contributed by atoms with Gasteiger partial charge >= 0.3 is 5.97 Å². The van der Waals surface area contributed by atoms with Crippen molar-refractivity contribution in [2.45, 2.75) is 11.0 Å². The van der Waals surface area contributed by atoms with Gasteiger partial charge in [0.2, 0.25) is 9.84 Å². The van der Waals surface area contributed by atoms with E-state index in [2.05, 4.69) is 15.9 Å². The third kappa shape index (κ3) is 1.80. The lowest BCUT2D eigenvalue weighted by Gasteiger charge is -2.06. The molecule has 0 spiro atoms. The van der Waals surface area contributed by atoms with E-state index in [0.717, 1.165) is 0 Å². The molecule has 0 aromatic heterocycles. The predicted octanol–water partition coefficient (Wildman–Crippen LogP) is 1.02. The van der Waals surface area contributed by atoms with Crippen LogP contribution in [0.4, 0.5) is 0 Å². The number of rotatable bonds is 2. The Bertz CT molecular complexity index is 632. The number of aliphatic hydroxyl groups excluding tert-OH is 1. The van der Waals surface area contributed by atoms with E-state index in [4.69, 9.17) is 5.11 Å². The quantitative estimate of drug-likeness (QED) is 0.849. The summed E-state index contributed by atoms with van der Waals surface area (Å²) in [7, 11) is -3.91. The average molecular weight is 319 g/mol. The van der Waals surface area contributed by atoms with Crippen LogP contribution in [0.5, 0.6) is 0 Å². The molecule has 0 radical (unpaired) electrons. The first-order valence-electron chi connectivity index (χ1n) is 4.52. The van der Waals surface area contributed by atoms with Gasteiger partial charge in [-0.1, -0.05) is 22.0 Å². The highest BCUT2D eigenvalue weighted by Crippen LogP contribution is 2.38. The van der Waals surface area contributed by atoms with Gasteiger partial charge in [-0.25, -0.2) is 13.2 Å². The number of carboxylic acids is 1. The van der Waals surface area contributed by atoms with Crippen LogP contribution in [0.3, 0.4) is 0 Å². The van der Waals surface area contributed by atoms with Gasteiger partial charge in [0, 0.05) is 10.0 Å².